The van der Waals surface area contributed by atoms with Crippen LogP contribution >= 0.6 is 11.8 Å². The van der Waals surface area contributed by atoms with E-state index in [4.69, 9.17) is 9.47 Å². The Labute approximate surface area is 141 Å². The molecule has 2 aromatic carbocycles. The van der Waals surface area contributed by atoms with Gasteiger partial charge in [-0.1, -0.05) is 12.1 Å². The maximum absolute atomic E-state index is 12.3. The van der Waals surface area contributed by atoms with Crippen LogP contribution in [0.25, 0.3) is 0 Å². The molecule has 0 heterocycles. The van der Waals surface area contributed by atoms with Crippen molar-refractivity contribution in [3.63, 3.8) is 0 Å². The van der Waals surface area contributed by atoms with Crippen LogP contribution < -0.4 is 14.8 Å². The second kappa shape index (κ2) is 8.48. The summed E-state index contributed by atoms with van der Waals surface area (Å²) in [6, 6.07) is 14.8. The number of ether oxygens (including phenoxy) is 2. The summed E-state index contributed by atoms with van der Waals surface area (Å²) in [5.74, 6) is 1.45. The van der Waals surface area contributed by atoms with E-state index < -0.39 is 0 Å². The van der Waals surface area contributed by atoms with Crippen molar-refractivity contribution in [2.75, 3.05) is 20.0 Å². The van der Waals surface area contributed by atoms with Gasteiger partial charge in [-0.05, 0) is 49.6 Å². The number of hydrogen-bond donors (Lipinski definition) is 1. The number of nitrogens with one attached hydrogen (secondary N) is 1. The molecule has 1 N–H and O–H groups in total. The lowest BCUT2D eigenvalue weighted by Gasteiger charge is -2.16. The molecule has 0 saturated carbocycles. The average molecular weight is 331 g/mol. The van der Waals surface area contributed by atoms with Crippen molar-refractivity contribution in [3.8, 4) is 11.5 Å². The van der Waals surface area contributed by atoms with E-state index in [0.29, 0.717) is 12.2 Å². The Morgan fingerprint density at radius 3 is 2.43 bits per heavy atom. The van der Waals surface area contributed by atoms with E-state index in [1.807, 2.05) is 61.7 Å². The third-order valence-corrected chi connectivity index (χ3v) is 4.08. The van der Waals surface area contributed by atoms with Gasteiger partial charge >= 0.3 is 0 Å². The number of thioether (sulfide) groups is 1. The fraction of sp³-hybridized carbons (Fsp3) is 0.278. The molecular weight excluding hydrogens is 310 g/mol. The molecule has 1 unspecified atom stereocenters. The highest BCUT2D eigenvalue weighted by atomic mass is 32.2. The number of methoxy groups -OCH3 is 1. The van der Waals surface area contributed by atoms with Gasteiger partial charge in [-0.2, -0.15) is 0 Å². The SMILES string of the molecule is COc1ccc(OCC(C)NC(=O)c2ccccc2SC)cc1. The fourth-order valence-corrected chi connectivity index (χ4v) is 2.66. The zero-order valence-corrected chi connectivity index (χ0v) is 14.4. The van der Waals surface area contributed by atoms with Crippen LogP contribution in [0.3, 0.4) is 0 Å². The average Bonchev–Trinajstić information content (AvgIpc) is 2.60. The zero-order valence-electron chi connectivity index (χ0n) is 13.5. The topological polar surface area (TPSA) is 47.6 Å². The maximum atomic E-state index is 12.3. The Morgan fingerprint density at radius 1 is 1.13 bits per heavy atom. The summed E-state index contributed by atoms with van der Waals surface area (Å²) in [5, 5.41) is 2.96. The highest BCUT2D eigenvalue weighted by molar-refractivity contribution is 7.98. The number of carbonyl (C=O) groups excluding carboxylic acids is 1. The minimum Gasteiger partial charge on any atom is -0.497 e. The summed E-state index contributed by atoms with van der Waals surface area (Å²) in [6.07, 6.45) is 1.96. The van der Waals surface area contributed by atoms with Crippen molar-refractivity contribution < 1.29 is 14.3 Å². The number of hydrogen-bond acceptors (Lipinski definition) is 4. The fourth-order valence-electron chi connectivity index (χ4n) is 2.07. The van der Waals surface area contributed by atoms with Crippen LogP contribution in [-0.4, -0.2) is 31.9 Å². The van der Waals surface area contributed by atoms with Crippen LogP contribution in [0.15, 0.2) is 53.4 Å². The van der Waals surface area contributed by atoms with E-state index in [-0.39, 0.29) is 11.9 Å². The Hall–Kier alpha value is -2.14. The molecule has 5 heteroatoms. The van der Waals surface area contributed by atoms with Gasteiger partial charge in [0.2, 0.25) is 0 Å². The number of amides is 1. The summed E-state index contributed by atoms with van der Waals surface area (Å²) in [7, 11) is 1.62. The van der Waals surface area contributed by atoms with Crippen LogP contribution in [0.5, 0.6) is 11.5 Å². The molecule has 0 aliphatic carbocycles. The van der Waals surface area contributed by atoms with E-state index in [0.717, 1.165) is 16.4 Å². The van der Waals surface area contributed by atoms with Gasteiger partial charge in [-0.3, -0.25) is 4.79 Å². The van der Waals surface area contributed by atoms with Crippen LogP contribution in [0.2, 0.25) is 0 Å². The second-order valence-electron chi connectivity index (χ2n) is 5.06. The van der Waals surface area contributed by atoms with Crippen molar-refractivity contribution in [1.29, 1.82) is 0 Å². The molecule has 0 bridgehead atoms. The van der Waals surface area contributed by atoms with E-state index in [1.165, 1.54) is 0 Å². The monoisotopic (exact) mass is 331 g/mol. The maximum Gasteiger partial charge on any atom is 0.252 e. The van der Waals surface area contributed by atoms with Crippen molar-refractivity contribution in [2.45, 2.75) is 17.9 Å². The quantitative estimate of drug-likeness (QED) is 0.787. The molecule has 0 radical (unpaired) electrons. The summed E-state index contributed by atoms with van der Waals surface area (Å²) >= 11 is 1.56. The normalized spacial score (nSPS) is 11.6. The van der Waals surface area contributed by atoms with Gasteiger partial charge < -0.3 is 14.8 Å². The van der Waals surface area contributed by atoms with Gasteiger partial charge in [-0.25, -0.2) is 0 Å². The minimum absolute atomic E-state index is 0.0826. The summed E-state index contributed by atoms with van der Waals surface area (Å²) < 4.78 is 10.8. The second-order valence-corrected chi connectivity index (χ2v) is 5.91. The molecule has 122 valence electrons. The third kappa shape index (κ3) is 4.93. The Morgan fingerprint density at radius 2 is 1.78 bits per heavy atom. The lowest BCUT2D eigenvalue weighted by atomic mass is 10.2. The van der Waals surface area contributed by atoms with Gasteiger partial charge in [0.15, 0.2) is 0 Å². The highest BCUT2D eigenvalue weighted by Crippen LogP contribution is 2.20. The smallest absolute Gasteiger partial charge is 0.252 e. The van der Waals surface area contributed by atoms with E-state index >= 15 is 0 Å². The standard InChI is InChI=1S/C18H21NO3S/c1-13(12-22-15-10-8-14(21-2)9-11-15)19-18(20)16-6-4-5-7-17(16)23-3/h4-11,13H,12H2,1-3H3,(H,19,20). The molecule has 0 spiro atoms. The lowest BCUT2D eigenvalue weighted by molar-refractivity contribution is 0.0923. The first kappa shape index (κ1) is 17.2. The summed E-state index contributed by atoms with van der Waals surface area (Å²) in [5.41, 5.74) is 0.691. The first-order chi connectivity index (χ1) is 11.1. The molecule has 0 aliphatic heterocycles. The van der Waals surface area contributed by atoms with Gasteiger partial charge in [-0.15, -0.1) is 11.8 Å². The van der Waals surface area contributed by atoms with Crippen molar-refractivity contribution in [3.05, 3.63) is 54.1 Å². The largest absolute Gasteiger partial charge is 0.497 e. The highest BCUT2D eigenvalue weighted by Gasteiger charge is 2.13. The lowest BCUT2D eigenvalue weighted by Crippen LogP contribution is -2.37. The summed E-state index contributed by atoms with van der Waals surface area (Å²) in [4.78, 5) is 13.3. The first-order valence-electron chi connectivity index (χ1n) is 7.34. The zero-order chi connectivity index (χ0) is 16.7. The van der Waals surface area contributed by atoms with Crippen LogP contribution in [0.1, 0.15) is 17.3 Å². The minimum atomic E-state index is -0.0977. The van der Waals surface area contributed by atoms with Gasteiger partial charge in [0.25, 0.3) is 5.91 Å². The Bertz CT molecular complexity index is 643. The number of rotatable bonds is 7. The molecule has 0 aromatic heterocycles. The molecule has 23 heavy (non-hydrogen) atoms. The van der Waals surface area contributed by atoms with Crippen molar-refractivity contribution >= 4 is 17.7 Å². The van der Waals surface area contributed by atoms with Crippen LogP contribution in [-0.2, 0) is 0 Å². The summed E-state index contributed by atoms with van der Waals surface area (Å²) in [6.45, 7) is 2.32. The van der Waals surface area contributed by atoms with E-state index in [2.05, 4.69) is 5.32 Å². The molecule has 0 fully saturated rings. The van der Waals surface area contributed by atoms with Crippen LogP contribution in [0, 0.1) is 0 Å². The number of carbonyl (C=O) groups is 1. The molecule has 1 amide bonds. The Kier molecular flexibility index (Phi) is 6.35. The van der Waals surface area contributed by atoms with Crippen molar-refractivity contribution in [1.82, 2.24) is 5.32 Å². The van der Waals surface area contributed by atoms with E-state index in [9.17, 15) is 4.79 Å². The molecule has 0 saturated heterocycles. The van der Waals surface area contributed by atoms with Gasteiger partial charge in [0.1, 0.15) is 18.1 Å². The van der Waals surface area contributed by atoms with Crippen molar-refractivity contribution in [2.24, 2.45) is 0 Å². The first-order valence-corrected chi connectivity index (χ1v) is 8.57. The predicted octanol–water partition coefficient (Wildman–Crippen LogP) is 3.61. The molecular formula is C18H21NO3S. The number of benzene rings is 2. The van der Waals surface area contributed by atoms with Gasteiger partial charge in [0, 0.05) is 4.90 Å². The molecule has 0 aliphatic rings. The predicted molar refractivity (Wildman–Crippen MR) is 93.6 cm³/mol. The third-order valence-electron chi connectivity index (χ3n) is 3.29. The van der Waals surface area contributed by atoms with E-state index in [1.54, 1.807) is 18.9 Å². The van der Waals surface area contributed by atoms with Crippen LogP contribution in [0.4, 0.5) is 0 Å². The molecule has 2 rings (SSSR count). The molecule has 4 nitrogen and oxygen atoms in total. The molecule has 2 aromatic rings. The van der Waals surface area contributed by atoms with Gasteiger partial charge in [0.05, 0.1) is 18.7 Å². The Balaban J connectivity index is 1.88. The molecule has 1 atom stereocenters.